The van der Waals surface area contributed by atoms with Crippen LogP contribution in [0.5, 0.6) is 0 Å². The summed E-state index contributed by atoms with van der Waals surface area (Å²) in [5, 5.41) is 22.9. The van der Waals surface area contributed by atoms with Crippen molar-refractivity contribution in [3.05, 3.63) is 24.3 Å². The van der Waals surface area contributed by atoms with E-state index in [1.54, 1.807) is 6.08 Å². The number of nitrogens with one attached hydrogen (secondary N) is 1. The molecule has 0 radical (unpaired) electrons. The molecule has 318 valence electrons. The molecule has 0 aliphatic rings. The lowest BCUT2D eigenvalue weighted by Gasteiger charge is -2.20. The largest absolute Gasteiger partial charge is 0.466 e. The third-order valence-corrected chi connectivity index (χ3v) is 10.7. The van der Waals surface area contributed by atoms with Crippen LogP contribution >= 0.6 is 0 Å². The maximum Gasteiger partial charge on any atom is 0.305 e. The molecule has 0 aromatic rings. The van der Waals surface area contributed by atoms with E-state index in [9.17, 15) is 19.8 Å². The summed E-state index contributed by atoms with van der Waals surface area (Å²) in [7, 11) is 0. The molecule has 0 bridgehead atoms. The molecule has 2 atom stereocenters. The quantitative estimate of drug-likeness (QED) is 0.0327. The fourth-order valence-corrected chi connectivity index (χ4v) is 7.04. The van der Waals surface area contributed by atoms with Gasteiger partial charge in [-0.1, -0.05) is 199 Å². The van der Waals surface area contributed by atoms with Crippen LogP contribution in [0.2, 0.25) is 0 Å². The zero-order chi connectivity index (χ0) is 39.4. The van der Waals surface area contributed by atoms with Crippen molar-refractivity contribution in [1.82, 2.24) is 5.32 Å². The second-order valence-electron chi connectivity index (χ2n) is 16.1. The summed E-state index contributed by atoms with van der Waals surface area (Å²) in [5.74, 6) is -0.0876. The number of carbonyl (C=O) groups excluding carboxylic acids is 2. The summed E-state index contributed by atoms with van der Waals surface area (Å²) in [4.78, 5) is 24.3. The molecular weight excluding hydrogens is 671 g/mol. The molecule has 0 aliphatic heterocycles. The van der Waals surface area contributed by atoms with E-state index in [2.05, 4.69) is 31.3 Å². The molecule has 0 fully saturated rings. The van der Waals surface area contributed by atoms with Crippen LogP contribution in [0.25, 0.3) is 0 Å². The van der Waals surface area contributed by atoms with Crippen molar-refractivity contribution in [3.8, 4) is 0 Å². The molecule has 54 heavy (non-hydrogen) atoms. The van der Waals surface area contributed by atoms with Gasteiger partial charge in [-0.15, -0.1) is 0 Å². The third kappa shape index (κ3) is 40.0. The Morgan fingerprint density at radius 2 is 0.870 bits per heavy atom. The lowest BCUT2D eigenvalue weighted by Crippen LogP contribution is -2.45. The highest BCUT2D eigenvalue weighted by molar-refractivity contribution is 5.76. The van der Waals surface area contributed by atoms with Gasteiger partial charge in [0, 0.05) is 12.8 Å². The van der Waals surface area contributed by atoms with Gasteiger partial charge in [-0.25, -0.2) is 0 Å². The first kappa shape index (κ1) is 52.3. The standard InChI is InChI=1S/C48H91NO5/c1-3-5-7-9-11-13-21-26-30-34-38-42-48(53)54-43-39-35-31-27-23-20-18-16-14-15-17-19-22-25-29-33-37-41-47(52)49-45(44-50)46(51)40-36-32-28-24-12-10-8-6-4-2/h14,16,36,40,45-46,50-51H,3-13,15,17-35,37-39,41-44H2,1-2H3,(H,49,52)/b16-14-,40-36+. The van der Waals surface area contributed by atoms with Crippen LogP contribution in [0, 0.1) is 0 Å². The third-order valence-electron chi connectivity index (χ3n) is 10.7. The van der Waals surface area contributed by atoms with E-state index in [1.165, 1.54) is 161 Å². The maximum absolute atomic E-state index is 12.3. The molecule has 0 aliphatic carbocycles. The highest BCUT2D eigenvalue weighted by atomic mass is 16.5. The molecule has 2 unspecified atom stereocenters. The second-order valence-corrected chi connectivity index (χ2v) is 16.1. The number of aliphatic hydroxyl groups is 2. The van der Waals surface area contributed by atoms with Crippen molar-refractivity contribution in [2.24, 2.45) is 0 Å². The minimum atomic E-state index is -0.849. The molecule has 0 heterocycles. The summed E-state index contributed by atoms with van der Waals surface area (Å²) in [5.41, 5.74) is 0. The topological polar surface area (TPSA) is 95.9 Å². The minimum Gasteiger partial charge on any atom is -0.466 e. The second kappa shape index (κ2) is 44.1. The first-order valence-electron chi connectivity index (χ1n) is 23.6. The SMILES string of the molecule is CCCCCCCCC/C=C/C(O)C(CO)NC(=O)CCCCCCCCC/C=C\CCCCCCCCOC(=O)CCCCCCCCCCCCC. The fourth-order valence-electron chi connectivity index (χ4n) is 7.04. The number of rotatable bonds is 43. The van der Waals surface area contributed by atoms with Crippen LogP contribution < -0.4 is 5.32 Å². The van der Waals surface area contributed by atoms with E-state index in [4.69, 9.17) is 4.74 Å². The van der Waals surface area contributed by atoms with Crippen LogP contribution in [-0.2, 0) is 14.3 Å². The molecular formula is C48H91NO5. The first-order chi connectivity index (χ1) is 26.5. The molecule has 0 aromatic heterocycles. The Labute approximate surface area is 335 Å². The Bertz CT molecular complexity index is 843. The number of ether oxygens (including phenoxy) is 1. The van der Waals surface area contributed by atoms with Gasteiger partial charge in [0.15, 0.2) is 0 Å². The van der Waals surface area contributed by atoms with Gasteiger partial charge in [0.1, 0.15) is 0 Å². The number of unbranched alkanes of at least 4 members (excludes halogenated alkanes) is 30. The van der Waals surface area contributed by atoms with Crippen molar-refractivity contribution in [3.63, 3.8) is 0 Å². The Kier molecular flexibility index (Phi) is 42.7. The fraction of sp³-hybridized carbons (Fsp3) is 0.875. The van der Waals surface area contributed by atoms with Gasteiger partial charge in [0.2, 0.25) is 5.91 Å². The number of hydrogen-bond acceptors (Lipinski definition) is 5. The lowest BCUT2D eigenvalue weighted by molar-refractivity contribution is -0.143. The minimum absolute atomic E-state index is 0.00403. The van der Waals surface area contributed by atoms with Crippen LogP contribution in [0.4, 0.5) is 0 Å². The van der Waals surface area contributed by atoms with Crippen LogP contribution in [0.3, 0.4) is 0 Å². The Hall–Kier alpha value is -1.66. The predicted molar refractivity (Wildman–Crippen MR) is 232 cm³/mol. The van der Waals surface area contributed by atoms with Gasteiger partial charge >= 0.3 is 5.97 Å². The smallest absolute Gasteiger partial charge is 0.305 e. The van der Waals surface area contributed by atoms with Gasteiger partial charge in [0.25, 0.3) is 0 Å². The Balaban J connectivity index is 3.47. The average molecular weight is 762 g/mol. The molecule has 0 saturated heterocycles. The van der Waals surface area contributed by atoms with E-state index >= 15 is 0 Å². The maximum atomic E-state index is 12.3. The van der Waals surface area contributed by atoms with Gasteiger partial charge in [-0.05, 0) is 57.8 Å². The summed E-state index contributed by atoms with van der Waals surface area (Å²) in [6.07, 6.45) is 50.3. The zero-order valence-electron chi connectivity index (χ0n) is 36.0. The van der Waals surface area contributed by atoms with E-state index in [0.717, 1.165) is 57.8 Å². The van der Waals surface area contributed by atoms with Gasteiger partial charge in [-0.3, -0.25) is 9.59 Å². The number of amides is 1. The lowest BCUT2D eigenvalue weighted by atomic mass is 10.1. The van der Waals surface area contributed by atoms with E-state index in [0.29, 0.717) is 19.4 Å². The van der Waals surface area contributed by atoms with Crippen molar-refractivity contribution in [2.45, 2.75) is 257 Å². The highest BCUT2D eigenvalue weighted by Gasteiger charge is 2.18. The normalized spacial score (nSPS) is 12.9. The number of hydrogen-bond donors (Lipinski definition) is 3. The Morgan fingerprint density at radius 3 is 1.31 bits per heavy atom. The summed E-state index contributed by atoms with van der Waals surface area (Å²) in [6, 6.07) is -0.633. The number of carbonyl (C=O) groups is 2. The molecule has 1 amide bonds. The van der Waals surface area contributed by atoms with Gasteiger partial charge < -0.3 is 20.3 Å². The number of aliphatic hydroxyl groups excluding tert-OH is 2. The predicted octanol–water partition coefficient (Wildman–Crippen LogP) is 13.6. The monoisotopic (exact) mass is 762 g/mol. The van der Waals surface area contributed by atoms with E-state index in [-0.39, 0.29) is 18.5 Å². The van der Waals surface area contributed by atoms with Crippen molar-refractivity contribution >= 4 is 11.9 Å². The molecule has 0 rings (SSSR count). The van der Waals surface area contributed by atoms with Crippen molar-refractivity contribution in [2.75, 3.05) is 13.2 Å². The van der Waals surface area contributed by atoms with Crippen molar-refractivity contribution < 1.29 is 24.5 Å². The van der Waals surface area contributed by atoms with Crippen LogP contribution in [-0.4, -0.2) is 47.4 Å². The summed E-state index contributed by atoms with van der Waals surface area (Å²) >= 11 is 0. The highest BCUT2D eigenvalue weighted by Crippen LogP contribution is 2.14. The molecule has 3 N–H and O–H groups in total. The zero-order valence-corrected chi connectivity index (χ0v) is 36.0. The number of esters is 1. The molecule has 6 heteroatoms. The average Bonchev–Trinajstić information content (AvgIpc) is 3.17. The molecule has 0 spiro atoms. The molecule has 6 nitrogen and oxygen atoms in total. The summed E-state index contributed by atoms with van der Waals surface area (Å²) < 4.78 is 5.44. The molecule has 0 saturated carbocycles. The first-order valence-corrected chi connectivity index (χ1v) is 23.6. The summed E-state index contributed by atoms with van der Waals surface area (Å²) in [6.45, 7) is 4.84. The van der Waals surface area contributed by atoms with E-state index < -0.39 is 12.1 Å². The van der Waals surface area contributed by atoms with E-state index in [1.807, 2.05) is 6.08 Å². The van der Waals surface area contributed by atoms with Crippen molar-refractivity contribution in [1.29, 1.82) is 0 Å². The number of allylic oxidation sites excluding steroid dienone is 3. The van der Waals surface area contributed by atoms with Gasteiger partial charge in [0.05, 0.1) is 25.4 Å². The van der Waals surface area contributed by atoms with Crippen LogP contribution in [0.1, 0.15) is 245 Å². The van der Waals surface area contributed by atoms with Gasteiger partial charge in [-0.2, -0.15) is 0 Å². The molecule has 0 aromatic carbocycles. The Morgan fingerprint density at radius 1 is 0.500 bits per heavy atom. The van der Waals surface area contributed by atoms with Crippen LogP contribution in [0.15, 0.2) is 24.3 Å².